The number of carbonyl (C=O) groups excluding carboxylic acids is 2. The predicted molar refractivity (Wildman–Crippen MR) is 102 cm³/mol. The number of nitrogens with zero attached hydrogens (tertiary/aromatic N) is 3. The van der Waals surface area contributed by atoms with Gasteiger partial charge in [-0.1, -0.05) is 30.3 Å². The lowest BCUT2D eigenvalue weighted by molar-refractivity contribution is -0.133. The first-order valence-corrected chi connectivity index (χ1v) is 8.86. The number of rotatable bonds is 8. The molecule has 29 heavy (non-hydrogen) atoms. The van der Waals surface area contributed by atoms with Crippen molar-refractivity contribution in [1.29, 1.82) is 0 Å². The maximum absolute atomic E-state index is 13.1. The SMILES string of the molecule is NC(=O)CCN(Cc1ccccc1)C(=O)Cn1nc(-c2ccc(F)cc2)oc1=O. The highest BCUT2D eigenvalue weighted by Gasteiger charge is 2.19. The van der Waals surface area contributed by atoms with Gasteiger partial charge >= 0.3 is 5.76 Å². The van der Waals surface area contributed by atoms with Gasteiger partial charge in [-0.3, -0.25) is 9.59 Å². The lowest BCUT2D eigenvalue weighted by Crippen LogP contribution is -2.37. The summed E-state index contributed by atoms with van der Waals surface area (Å²) in [5.41, 5.74) is 6.48. The second-order valence-electron chi connectivity index (χ2n) is 6.35. The third-order valence-electron chi connectivity index (χ3n) is 4.18. The van der Waals surface area contributed by atoms with E-state index in [9.17, 15) is 18.8 Å². The van der Waals surface area contributed by atoms with Crippen LogP contribution < -0.4 is 11.5 Å². The highest BCUT2D eigenvalue weighted by molar-refractivity contribution is 5.78. The zero-order valence-corrected chi connectivity index (χ0v) is 15.5. The van der Waals surface area contributed by atoms with Gasteiger partial charge in [0, 0.05) is 25.1 Å². The molecule has 2 amide bonds. The minimum Gasteiger partial charge on any atom is -0.388 e. The van der Waals surface area contributed by atoms with Crippen molar-refractivity contribution in [3.63, 3.8) is 0 Å². The molecule has 0 bridgehead atoms. The topological polar surface area (TPSA) is 111 Å². The van der Waals surface area contributed by atoms with Crippen molar-refractivity contribution in [2.75, 3.05) is 6.54 Å². The van der Waals surface area contributed by atoms with E-state index >= 15 is 0 Å². The van der Waals surface area contributed by atoms with Gasteiger partial charge in [-0.25, -0.2) is 9.18 Å². The summed E-state index contributed by atoms with van der Waals surface area (Å²) in [6.07, 6.45) is -0.00683. The summed E-state index contributed by atoms with van der Waals surface area (Å²) in [5, 5.41) is 4.01. The fourth-order valence-corrected chi connectivity index (χ4v) is 2.68. The number of nitrogens with two attached hydrogens (primary N) is 1. The molecule has 0 aliphatic rings. The minimum atomic E-state index is -0.813. The Morgan fingerprint density at radius 3 is 2.45 bits per heavy atom. The van der Waals surface area contributed by atoms with E-state index in [0.29, 0.717) is 5.56 Å². The van der Waals surface area contributed by atoms with Crippen LogP contribution >= 0.6 is 0 Å². The van der Waals surface area contributed by atoms with E-state index in [1.54, 1.807) is 0 Å². The van der Waals surface area contributed by atoms with Crippen molar-refractivity contribution >= 4 is 11.8 Å². The molecule has 0 radical (unpaired) electrons. The van der Waals surface area contributed by atoms with Crippen LogP contribution in [-0.2, 0) is 22.7 Å². The van der Waals surface area contributed by atoms with Gasteiger partial charge in [-0.2, -0.15) is 4.68 Å². The molecule has 3 rings (SSSR count). The fraction of sp³-hybridized carbons (Fsp3) is 0.200. The number of aromatic nitrogens is 2. The quantitative estimate of drug-likeness (QED) is 0.619. The van der Waals surface area contributed by atoms with Crippen LogP contribution in [-0.4, -0.2) is 33.0 Å². The average molecular weight is 398 g/mol. The first kappa shape index (κ1) is 20.0. The number of hydrogen-bond donors (Lipinski definition) is 1. The molecule has 0 fully saturated rings. The van der Waals surface area contributed by atoms with Gasteiger partial charge in [0.05, 0.1) is 0 Å². The highest BCUT2D eigenvalue weighted by Crippen LogP contribution is 2.15. The van der Waals surface area contributed by atoms with Gasteiger partial charge in [0.1, 0.15) is 12.4 Å². The van der Waals surface area contributed by atoms with Crippen LogP contribution in [0, 0.1) is 5.82 Å². The van der Waals surface area contributed by atoms with Gasteiger partial charge in [-0.05, 0) is 29.8 Å². The van der Waals surface area contributed by atoms with Crippen LogP contribution in [0.5, 0.6) is 0 Å². The molecular weight excluding hydrogens is 379 g/mol. The molecule has 150 valence electrons. The standard InChI is InChI=1S/C20H19FN4O4/c21-16-8-6-15(7-9-16)19-23-25(20(28)29-19)13-18(27)24(11-10-17(22)26)12-14-4-2-1-3-5-14/h1-9H,10-13H2,(H2,22,26). The summed E-state index contributed by atoms with van der Waals surface area (Å²) in [4.78, 5) is 37.4. The number of hydrogen-bond acceptors (Lipinski definition) is 5. The zero-order chi connectivity index (χ0) is 20.8. The maximum atomic E-state index is 13.1. The van der Waals surface area contributed by atoms with E-state index in [0.717, 1.165) is 10.2 Å². The van der Waals surface area contributed by atoms with Crippen molar-refractivity contribution in [3.8, 4) is 11.5 Å². The van der Waals surface area contributed by atoms with Crippen LogP contribution in [0.4, 0.5) is 4.39 Å². The molecule has 3 aromatic rings. The van der Waals surface area contributed by atoms with Gasteiger partial charge in [0.25, 0.3) is 0 Å². The third-order valence-corrected chi connectivity index (χ3v) is 4.18. The number of primary amides is 1. The van der Waals surface area contributed by atoms with E-state index in [1.807, 2.05) is 30.3 Å². The summed E-state index contributed by atoms with van der Waals surface area (Å²) in [7, 11) is 0. The molecule has 0 unspecified atom stereocenters. The van der Waals surface area contributed by atoms with Crippen molar-refractivity contribution in [2.45, 2.75) is 19.5 Å². The molecule has 2 N–H and O–H groups in total. The monoisotopic (exact) mass is 398 g/mol. The number of benzene rings is 2. The summed E-state index contributed by atoms with van der Waals surface area (Å²) in [6, 6.07) is 14.5. The van der Waals surface area contributed by atoms with Gasteiger partial charge in [-0.15, -0.1) is 5.10 Å². The van der Waals surface area contributed by atoms with E-state index in [-0.39, 0.29) is 31.9 Å². The predicted octanol–water partition coefficient (Wildman–Crippen LogP) is 1.55. The first-order valence-electron chi connectivity index (χ1n) is 8.86. The van der Waals surface area contributed by atoms with Gasteiger partial charge in [0.2, 0.25) is 17.7 Å². The van der Waals surface area contributed by atoms with Crippen LogP contribution in [0.15, 0.2) is 63.8 Å². The number of amides is 2. The minimum absolute atomic E-state index is 0.00683. The molecule has 0 aliphatic carbocycles. The van der Waals surface area contributed by atoms with Crippen LogP contribution in [0.3, 0.4) is 0 Å². The Bertz CT molecular complexity index is 1040. The zero-order valence-electron chi connectivity index (χ0n) is 15.5. The normalized spacial score (nSPS) is 10.7. The van der Waals surface area contributed by atoms with Crippen molar-refractivity contribution in [2.24, 2.45) is 5.73 Å². The highest BCUT2D eigenvalue weighted by atomic mass is 19.1. The number of halogens is 1. The largest absolute Gasteiger partial charge is 0.437 e. The molecule has 1 heterocycles. The molecule has 0 saturated carbocycles. The lowest BCUT2D eigenvalue weighted by atomic mass is 10.2. The smallest absolute Gasteiger partial charge is 0.388 e. The summed E-state index contributed by atoms with van der Waals surface area (Å²) in [6.45, 7) is -0.0000197. The molecule has 9 heteroatoms. The van der Waals surface area contributed by atoms with E-state index in [4.69, 9.17) is 10.2 Å². The Kier molecular flexibility index (Phi) is 6.18. The Hall–Kier alpha value is -3.75. The Balaban J connectivity index is 1.77. The van der Waals surface area contributed by atoms with Crippen molar-refractivity contribution < 1.29 is 18.4 Å². The molecule has 0 spiro atoms. The third kappa shape index (κ3) is 5.38. The summed E-state index contributed by atoms with van der Waals surface area (Å²) < 4.78 is 19.0. The van der Waals surface area contributed by atoms with E-state index in [1.165, 1.54) is 29.2 Å². The van der Waals surface area contributed by atoms with Crippen LogP contribution in [0.1, 0.15) is 12.0 Å². The Morgan fingerprint density at radius 2 is 1.79 bits per heavy atom. The lowest BCUT2D eigenvalue weighted by Gasteiger charge is -2.22. The second kappa shape index (κ2) is 8.96. The van der Waals surface area contributed by atoms with E-state index in [2.05, 4.69) is 5.10 Å². The maximum Gasteiger partial charge on any atom is 0.437 e. The molecule has 0 atom stereocenters. The van der Waals surface area contributed by atoms with Gasteiger partial charge < -0.3 is 15.1 Å². The van der Waals surface area contributed by atoms with Crippen LogP contribution in [0.25, 0.3) is 11.5 Å². The molecule has 0 aliphatic heterocycles. The van der Waals surface area contributed by atoms with E-state index < -0.39 is 23.4 Å². The molecule has 2 aromatic carbocycles. The number of carbonyl (C=O) groups is 2. The second-order valence-corrected chi connectivity index (χ2v) is 6.35. The molecule has 0 saturated heterocycles. The Morgan fingerprint density at radius 1 is 1.10 bits per heavy atom. The summed E-state index contributed by atoms with van der Waals surface area (Å²) >= 11 is 0. The van der Waals surface area contributed by atoms with Crippen molar-refractivity contribution in [1.82, 2.24) is 14.7 Å². The summed E-state index contributed by atoms with van der Waals surface area (Å²) in [5.74, 6) is -2.22. The van der Waals surface area contributed by atoms with Crippen molar-refractivity contribution in [3.05, 3.63) is 76.5 Å². The molecule has 8 nitrogen and oxygen atoms in total. The molecule has 1 aromatic heterocycles. The van der Waals surface area contributed by atoms with Crippen LogP contribution in [0.2, 0.25) is 0 Å². The first-order chi connectivity index (χ1) is 13.9. The fourth-order valence-electron chi connectivity index (χ4n) is 2.68. The van der Waals surface area contributed by atoms with Gasteiger partial charge in [0.15, 0.2) is 0 Å². The Labute approximate surface area is 165 Å². The average Bonchev–Trinajstić information content (AvgIpc) is 3.06. The molecular formula is C20H19FN4O4.